The summed E-state index contributed by atoms with van der Waals surface area (Å²) >= 11 is 6.14. The predicted molar refractivity (Wildman–Crippen MR) is 109 cm³/mol. The van der Waals surface area contributed by atoms with Gasteiger partial charge in [0, 0.05) is 23.9 Å². The van der Waals surface area contributed by atoms with Crippen LogP contribution in [-0.2, 0) is 16.4 Å². The third kappa shape index (κ3) is 4.95. The molecule has 0 bridgehead atoms. The summed E-state index contributed by atoms with van der Waals surface area (Å²) in [5.74, 6) is -0.195. The van der Waals surface area contributed by atoms with E-state index >= 15 is 0 Å². The van der Waals surface area contributed by atoms with E-state index in [1.807, 2.05) is 0 Å². The third-order valence-corrected chi connectivity index (χ3v) is 5.36. The van der Waals surface area contributed by atoms with Gasteiger partial charge in [0.05, 0.1) is 15.6 Å². The predicted octanol–water partition coefficient (Wildman–Crippen LogP) is 3.02. The van der Waals surface area contributed by atoms with E-state index in [1.54, 1.807) is 54.7 Å². The highest BCUT2D eigenvalue weighted by atomic mass is 35.5. The molecule has 0 unspecified atom stereocenters. The summed E-state index contributed by atoms with van der Waals surface area (Å²) in [5.41, 5.74) is 2.92. The van der Waals surface area contributed by atoms with Crippen molar-refractivity contribution in [3.63, 3.8) is 0 Å². The summed E-state index contributed by atoms with van der Waals surface area (Å²) in [6.07, 6.45) is 2.23. The lowest BCUT2D eigenvalue weighted by molar-refractivity contribution is 0.0954. The Balaban J connectivity index is 1.57. The standard InChI is InChI=1S/C20H18ClN3O3S/c21-18-2-1-12-23-19(18)15-5-7-16(8-6-15)20(25)24-13-11-14-3-9-17(10-4-14)28(22,26)27/h1-10,12H,11,13H2,(H,24,25)(H2,22,26,27). The van der Waals surface area contributed by atoms with Gasteiger partial charge in [0.25, 0.3) is 5.91 Å². The van der Waals surface area contributed by atoms with Gasteiger partial charge in [-0.25, -0.2) is 13.6 Å². The minimum absolute atomic E-state index is 0.0633. The Hall–Kier alpha value is -2.74. The summed E-state index contributed by atoms with van der Waals surface area (Å²) < 4.78 is 22.5. The molecule has 28 heavy (non-hydrogen) atoms. The molecule has 0 atom stereocenters. The van der Waals surface area contributed by atoms with Crippen LogP contribution in [0.5, 0.6) is 0 Å². The summed E-state index contributed by atoms with van der Waals surface area (Å²) in [4.78, 5) is 16.6. The Morgan fingerprint density at radius 3 is 2.32 bits per heavy atom. The number of pyridine rings is 1. The number of aromatic nitrogens is 1. The van der Waals surface area contributed by atoms with E-state index in [2.05, 4.69) is 10.3 Å². The zero-order valence-corrected chi connectivity index (χ0v) is 16.4. The van der Waals surface area contributed by atoms with Crippen molar-refractivity contribution in [2.45, 2.75) is 11.3 Å². The molecule has 2 aromatic carbocycles. The average molecular weight is 416 g/mol. The number of carbonyl (C=O) groups excluding carboxylic acids is 1. The van der Waals surface area contributed by atoms with Gasteiger partial charge in [-0.05, 0) is 48.4 Å². The molecule has 3 rings (SSSR count). The lowest BCUT2D eigenvalue weighted by Gasteiger charge is -2.07. The third-order valence-electron chi connectivity index (χ3n) is 4.13. The molecular formula is C20H18ClN3O3S. The van der Waals surface area contributed by atoms with Crippen LogP contribution in [0.4, 0.5) is 0 Å². The number of benzene rings is 2. The second kappa shape index (κ2) is 8.52. The number of primary sulfonamides is 1. The van der Waals surface area contributed by atoms with E-state index < -0.39 is 10.0 Å². The SMILES string of the molecule is NS(=O)(=O)c1ccc(CCNC(=O)c2ccc(-c3ncccc3Cl)cc2)cc1. The fourth-order valence-electron chi connectivity index (χ4n) is 2.65. The molecule has 6 nitrogen and oxygen atoms in total. The van der Waals surface area contributed by atoms with Crippen LogP contribution in [0.15, 0.2) is 71.8 Å². The van der Waals surface area contributed by atoms with Gasteiger partial charge in [0.15, 0.2) is 0 Å². The van der Waals surface area contributed by atoms with Crippen molar-refractivity contribution >= 4 is 27.5 Å². The van der Waals surface area contributed by atoms with Gasteiger partial charge in [0.2, 0.25) is 10.0 Å². The van der Waals surface area contributed by atoms with Gasteiger partial charge >= 0.3 is 0 Å². The smallest absolute Gasteiger partial charge is 0.251 e. The van der Waals surface area contributed by atoms with Crippen molar-refractivity contribution in [2.24, 2.45) is 5.14 Å². The Kier molecular flexibility index (Phi) is 6.08. The van der Waals surface area contributed by atoms with Crippen molar-refractivity contribution in [3.8, 4) is 11.3 Å². The van der Waals surface area contributed by atoms with E-state index in [0.29, 0.717) is 29.2 Å². The fraction of sp³-hybridized carbons (Fsp3) is 0.100. The molecule has 1 aromatic heterocycles. The Morgan fingerprint density at radius 1 is 1.04 bits per heavy atom. The highest BCUT2D eigenvalue weighted by Crippen LogP contribution is 2.25. The number of amides is 1. The lowest BCUT2D eigenvalue weighted by atomic mass is 10.1. The molecule has 0 saturated heterocycles. The van der Waals surface area contributed by atoms with Gasteiger partial charge < -0.3 is 5.32 Å². The number of sulfonamides is 1. The van der Waals surface area contributed by atoms with E-state index in [4.69, 9.17) is 16.7 Å². The molecule has 8 heteroatoms. The van der Waals surface area contributed by atoms with E-state index in [9.17, 15) is 13.2 Å². The lowest BCUT2D eigenvalue weighted by Crippen LogP contribution is -2.25. The van der Waals surface area contributed by atoms with E-state index in [-0.39, 0.29) is 10.8 Å². The van der Waals surface area contributed by atoms with E-state index in [1.165, 1.54) is 12.1 Å². The van der Waals surface area contributed by atoms with Crippen molar-refractivity contribution < 1.29 is 13.2 Å². The van der Waals surface area contributed by atoms with Crippen LogP contribution in [0.3, 0.4) is 0 Å². The number of rotatable bonds is 6. The Bertz CT molecular complexity index is 1080. The van der Waals surface area contributed by atoms with Gasteiger partial charge in [0.1, 0.15) is 0 Å². The van der Waals surface area contributed by atoms with Crippen LogP contribution in [0.1, 0.15) is 15.9 Å². The molecule has 0 radical (unpaired) electrons. The first kappa shape index (κ1) is 20.0. The summed E-state index contributed by atoms with van der Waals surface area (Å²) in [6.45, 7) is 0.418. The first-order chi connectivity index (χ1) is 13.3. The molecule has 3 aromatic rings. The molecule has 1 amide bonds. The Morgan fingerprint density at radius 2 is 1.71 bits per heavy atom. The maximum absolute atomic E-state index is 12.3. The normalized spacial score (nSPS) is 11.2. The number of nitrogens with two attached hydrogens (primary N) is 1. The van der Waals surface area contributed by atoms with Crippen LogP contribution < -0.4 is 10.5 Å². The van der Waals surface area contributed by atoms with Gasteiger partial charge in [-0.15, -0.1) is 0 Å². The quantitative estimate of drug-likeness (QED) is 0.645. The molecule has 3 N–H and O–H groups in total. The van der Waals surface area contributed by atoms with Crippen LogP contribution in [-0.4, -0.2) is 25.9 Å². The molecule has 0 saturated carbocycles. The molecule has 144 valence electrons. The summed E-state index contributed by atoms with van der Waals surface area (Å²) in [7, 11) is -3.70. The average Bonchev–Trinajstić information content (AvgIpc) is 2.68. The molecule has 0 aliphatic rings. The number of nitrogens with one attached hydrogen (secondary N) is 1. The van der Waals surface area contributed by atoms with Crippen LogP contribution in [0.2, 0.25) is 5.02 Å². The fourth-order valence-corrected chi connectivity index (χ4v) is 3.39. The zero-order valence-electron chi connectivity index (χ0n) is 14.8. The summed E-state index contributed by atoms with van der Waals surface area (Å²) in [6, 6.07) is 16.8. The van der Waals surface area contributed by atoms with Crippen molar-refractivity contribution in [3.05, 3.63) is 83.0 Å². The highest BCUT2D eigenvalue weighted by molar-refractivity contribution is 7.89. The number of hydrogen-bond acceptors (Lipinski definition) is 4. The number of nitrogens with zero attached hydrogens (tertiary/aromatic N) is 1. The molecular weight excluding hydrogens is 398 g/mol. The maximum Gasteiger partial charge on any atom is 0.251 e. The van der Waals surface area contributed by atoms with Gasteiger partial charge in [-0.1, -0.05) is 35.9 Å². The maximum atomic E-state index is 12.3. The minimum Gasteiger partial charge on any atom is -0.352 e. The molecule has 0 spiro atoms. The number of hydrogen-bond donors (Lipinski definition) is 2. The van der Waals surface area contributed by atoms with Crippen molar-refractivity contribution in [1.82, 2.24) is 10.3 Å². The highest BCUT2D eigenvalue weighted by Gasteiger charge is 2.09. The molecule has 0 fully saturated rings. The van der Waals surface area contributed by atoms with Crippen molar-refractivity contribution in [1.29, 1.82) is 0 Å². The molecule has 0 aliphatic carbocycles. The van der Waals surface area contributed by atoms with Crippen molar-refractivity contribution in [2.75, 3.05) is 6.54 Å². The van der Waals surface area contributed by atoms with Crippen LogP contribution in [0, 0.1) is 0 Å². The van der Waals surface area contributed by atoms with Gasteiger partial charge in [-0.3, -0.25) is 9.78 Å². The largest absolute Gasteiger partial charge is 0.352 e. The Labute approximate surface area is 168 Å². The number of halogens is 1. The first-order valence-corrected chi connectivity index (χ1v) is 10.4. The van der Waals surface area contributed by atoms with Gasteiger partial charge in [-0.2, -0.15) is 0 Å². The zero-order chi connectivity index (χ0) is 20.1. The second-order valence-corrected chi connectivity index (χ2v) is 8.07. The first-order valence-electron chi connectivity index (χ1n) is 8.45. The summed E-state index contributed by atoms with van der Waals surface area (Å²) in [5, 5.41) is 8.46. The molecule has 1 heterocycles. The minimum atomic E-state index is -3.70. The topological polar surface area (TPSA) is 102 Å². The van der Waals surface area contributed by atoms with Crippen LogP contribution in [0.25, 0.3) is 11.3 Å². The number of carbonyl (C=O) groups is 1. The second-order valence-electron chi connectivity index (χ2n) is 6.11. The molecule has 0 aliphatic heterocycles. The van der Waals surface area contributed by atoms with E-state index in [0.717, 1.165) is 11.1 Å². The monoisotopic (exact) mass is 415 g/mol. The van der Waals surface area contributed by atoms with Crippen LogP contribution >= 0.6 is 11.6 Å².